The van der Waals surface area contributed by atoms with E-state index in [9.17, 15) is 13.2 Å². The number of ether oxygens (including phenoxy) is 2. The molecule has 3 fully saturated rings. The summed E-state index contributed by atoms with van der Waals surface area (Å²) < 4.78 is 39.3. The molecule has 3 heterocycles. The molecular weight excluding hydrogens is 392 g/mol. The molecule has 1 aromatic carbocycles. The maximum atomic E-state index is 13.3. The quantitative estimate of drug-likeness (QED) is 0.745. The van der Waals surface area contributed by atoms with E-state index in [1.54, 1.807) is 34.3 Å². The number of rotatable bonds is 4. The number of hydrogen-bond donors (Lipinski definition) is 0. The van der Waals surface area contributed by atoms with Crippen molar-refractivity contribution >= 4 is 15.9 Å². The van der Waals surface area contributed by atoms with Crippen molar-refractivity contribution in [3.05, 3.63) is 29.3 Å². The first-order chi connectivity index (χ1) is 14.0. The van der Waals surface area contributed by atoms with E-state index in [0.717, 1.165) is 38.5 Å². The fourth-order valence-electron chi connectivity index (χ4n) is 4.51. The Bertz CT molecular complexity index is 845. The van der Waals surface area contributed by atoms with Gasteiger partial charge in [0.1, 0.15) is 0 Å². The lowest BCUT2D eigenvalue weighted by molar-refractivity contribution is -0.100. The highest BCUT2D eigenvalue weighted by atomic mass is 32.2. The van der Waals surface area contributed by atoms with Gasteiger partial charge in [0.15, 0.2) is 6.29 Å². The van der Waals surface area contributed by atoms with Crippen LogP contribution in [0.15, 0.2) is 23.1 Å². The zero-order valence-electron chi connectivity index (χ0n) is 17.0. The normalized spacial score (nSPS) is 24.7. The Labute approximate surface area is 173 Å². The van der Waals surface area contributed by atoms with E-state index in [1.807, 2.05) is 0 Å². The number of carbonyl (C=O) groups is 1. The summed E-state index contributed by atoms with van der Waals surface area (Å²) in [5, 5.41) is 0. The molecular formula is C21H30N2O5S. The highest BCUT2D eigenvalue weighted by molar-refractivity contribution is 7.89. The zero-order chi connectivity index (χ0) is 20.4. The molecule has 7 nitrogen and oxygen atoms in total. The van der Waals surface area contributed by atoms with Crippen LogP contribution < -0.4 is 0 Å². The number of aryl methyl sites for hydroxylation is 1. The molecule has 1 atom stereocenters. The number of sulfonamides is 1. The van der Waals surface area contributed by atoms with Gasteiger partial charge in [0, 0.05) is 25.2 Å². The third-order valence-corrected chi connectivity index (χ3v) is 8.18. The molecule has 0 N–H and O–H groups in total. The van der Waals surface area contributed by atoms with Crippen LogP contribution in [0.1, 0.15) is 54.4 Å². The number of benzene rings is 1. The first kappa shape index (κ1) is 20.8. The lowest BCUT2D eigenvalue weighted by Gasteiger charge is -2.38. The molecule has 3 saturated heterocycles. The lowest BCUT2D eigenvalue weighted by atomic mass is 10.00. The molecule has 160 valence electrons. The Morgan fingerprint density at radius 2 is 1.69 bits per heavy atom. The van der Waals surface area contributed by atoms with Gasteiger partial charge in [0.2, 0.25) is 10.0 Å². The molecule has 8 heteroatoms. The van der Waals surface area contributed by atoms with Crippen LogP contribution in [-0.4, -0.2) is 68.7 Å². The summed E-state index contributed by atoms with van der Waals surface area (Å²) in [6.45, 7) is 4.61. The van der Waals surface area contributed by atoms with Crippen LogP contribution in [0.3, 0.4) is 0 Å². The maximum Gasteiger partial charge on any atom is 0.254 e. The smallest absolute Gasteiger partial charge is 0.254 e. The SMILES string of the molecule is Cc1ccc(C(=O)N2CCCCC2C2OCCO2)cc1S(=O)(=O)N1CCCCC1. The average molecular weight is 423 g/mol. The second-order valence-corrected chi connectivity index (χ2v) is 10.0. The highest BCUT2D eigenvalue weighted by Gasteiger charge is 2.37. The van der Waals surface area contributed by atoms with E-state index in [1.165, 1.54) is 0 Å². The molecule has 0 bridgehead atoms. The van der Waals surface area contributed by atoms with Crippen molar-refractivity contribution in [1.82, 2.24) is 9.21 Å². The van der Waals surface area contributed by atoms with Crippen LogP contribution in [0.25, 0.3) is 0 Å². The lowest BCUT2D eigenvalue weighted by Crippen LogP contribution is -2.50. The second-order valence-electron chi connectivity index (χ2n) is 8.12. The Kier molecular flexibility index (Phi) is 6.24. The number of amides is 1. The molecule has 3 aliphatic rings. The van der Waals surface area contributed by atoms with Crippen molar-refractivity contribution in [2.75, 3.05) is 32.8 Å². The predicted octanol–water partition coefficient (Wildman–Crippen LogP) is 2.54. The molecule has 1 aromatic rings. The highest BCUT2D eigenvalue weighted by Crippen LogP contribution is 2.28. The number of likely N-dealkylation sites (tertiary alicyclic amines) is 1. The number of carbonyl (C=O) groups excluding carboxylic acids is 1. The van der Waals surface area contributed by atoms with Gasteiger partial charge >= 0.3 is 0 Å². The van der Waals surface area contributed by atoms with Crippen molar-refractivity contribution in [3.63, 3.8) is 0 Å². The molecule has 1 amide bonds. The average Bonchev–Trinajstić information content (AvgIpc) is 3.29. The molecule has 0 aromatic heterocycles. The Morgan fingerprint density at radius 3 is 2.41 bits per heavy atom. The predicted molar refractivity (Wildman–Crippen MR) is 108 cm³/mol. The number of hydrogen-bond acceptors (Lipinski definition) is 5. The summed E-state index contributed by atoms with van der Waals surface area (Å²) in [5.74, 6) is -0.149. The molecule has 0 radical (unpaired) electrons. The van der Waals surface area contributed by atoms with Gasteiger partial charge in [-0.25, -0.2) is 8.42 Å². The van der Waals surface area contributed by atoms with Gasteiger partial charge in [0.25, 0.3) is 5.91 Å². The van der Waals surface area contributed by atoms with Crippen molar-refractivity contribution in [2.24, 2.45) is 0 Å². The Hall–Kier alpha value is -1.48. The van der Waals surface area contributed by atoms with E-state index in [4.69, 9.17) is 9.47 Å². The Morgan fingerprint density at radius 1 is 1.00 bits per heavy atom. The van der Waals surface area contributed by atoms with Gasteiger partial charge in [-0.2, -0.15) is 4.31 Å². The third-order valence-electron chi connectivity index (χ3n) is 6.14. The summed E-state index contributed by atoms with van der Waals surface area (Å²) in [7, 11) is -3.60. The van der Waals surface area contributed by atoms with E-state index in [0.29, 0.717) is 44.0 Å². The van der Waals surface area contributed by atoms with Crippen LogP contribution in [0, 0.1) is 6.92 Å². The number of nitrogens with zero attached hydrogens (tertiary/aromatic N) is 2. The molecule has 29 heavy (non-hydrogen) atoms. The van der Waals surface area contributed by atoms with Gasteiger partial charge in [-0.3, -0.25) is 4.79 Å². The van der Waals surface area contributed by atoms with Crippen molar-refractivity contribution < 1.29 is 22.7 Å². The summed E-state index contributed by atoms with van der Waals surface area (Å²) in [5.41, 5.74) is 1.08. The minimum Gasteiger partial charge on any atom is -0.348 e. The van der Waals surface area contributed by atoms with Crippen molar-refractivity contribution in [2.45, 2.75) is 62.7 Å². The maximum absolute atomic E-state index is 13.3. The molecule has 3 aliphatic heterocycles. The standard InChI is InChI=1S/C21H30N2O5S/c1-16-8-9-17(15-19(16)29(25,26)22-10-4-2-5-11-22)20(24)23-12-6-3-7-18(23)21-27-13-14-28-21/h8-9,15,18,21H,2-7,10-14H2,1H3. The molecule has 0 saturated carbocycles. The zero-order valence-corrected chi connectivity index (χ0v) is 17.8. The van der Waals surface area contributed by atoms with Gasteiger partial charge in [0.05, 0.1) is 24.2 Å². The van der Waals surface area contributed by atoms with Gasteiger partial charge < -0.3 is 14.4 Å². The summed E-state index contributed by atoms with van der Waals surface area (Å²) in [6, 6.07) is 4.91. The van der Waals surface area contributed by atoms with E-state index in [2.05, 4.69) is 0 Å². The minimum atomic E-state index is -3.60. The fourth-order valence-corrected chi connectivity index (χ4v) is 6.28. The van der Waals surface area contributed by atoms with Crippen LogP contribution in [0.2, 0.25) is 0 Å². The number of piperidine rings is 2. The first-order valence-corrected chi connectivity index (χ1v) is 12.1. The molecule has 0 aliphatic carbocycles. The molecule has 0 spiro atoms. The van der Waals surface area contributed by atoms with Crippen molar-refractivity contribution in [3.8, 4) is 0 Å². The van der Waals surface area contributed by atoms with E-state index in [-0.39, 0.29) is 23.1 Å². The largest absolute Gasteiger partial charge is 0.348 e. The second kappa shape index (κ2) is 8.71. The van der Waals surface area contributed by atoms with Crippen LogP contribution in [-0.2, 0) is 19.5 Å². The van der Waals surface area contributed by atoms with Crippen LogP contribution >= 0.6 is 0 Å². The van der Waals surface area contributed by atoms with Gasteiger partial charge in [-0.05, 0) is 56.7 Å². The van der Waals surface area contributed by atoms with Gasteiger partial charge in [-0.1, -0.05) is 12.5 Å². The van der Waals surface area contributed by atoms with Crippen LogP contribution in [0.4, 0.5) is 0 Å². The monoisotopic (exact) mass is 422 g/mol. The van der Waals surface area contributed by atoms with E-state index >= 15 is 0 Å². The first-order valence-electron chi connectivity index (χ1n) is 10.6. The Balaban J connectivity index is 1.61. The minimum absolute atomic E-state index is 0.123. The fraction of sp³-hybridized carbons (Fsp3) is 0.667. The summed E-state index contributed by atoms with van der Waals surface area (Å²) >= 11 is 0. The third kappa shape index (κ3) is 4.21. The molecule has 1 unspecified atom stereocenters. The molecule has 4 rings (SSSR count). The summed E-state index contributed by atoms with van der Waals surface area (Å²) in [6.07, 6.45) is 5.23. The van der Waals surface area contributed by atoms with Gasteiger partial charge in [-0.15, -0.1) is 0 Å². The van der Waals surface area contributed by atoms with Crippen molar-refractivity contribution in [1.29, 1.82) is 0 Å². The topological polar surface area (TPSA) is 76.1 Å². The van der Waals surface area contributed by atoms with Crippen LogP contribution in [0.5, 0.6) is 0 Å². The summed E-state index contributed by atoms with van der Waals surface area (Å²) in [4.78, 5) is 15.4. The van der Waals surface area contributed by atoms with E-state index < -0.39 is 10.0 Å².